The van der Waals surface area contributed by atoms with Crippen molar-refractivity contribution >= 4 is 0 Å². The van der Waals surface area contributed by atoms with Gasteiger partial charge in [0.05, 0.1) is 0 Å². The topological polar surface area (TPSA) is 12.0 Å². The molecule has 1 saturated carbocycles. The molecule has 0 amide bonds. The Morgan fingerprint density at radius 1 is 1.25 bits per heavy atom. The summed E-state index contributed by atoms with van der Waals surface area (Å²) < 4.78 is 0. The lowest BCUT2D eigenvalue weighted by atomic mass is 9.86. The van der Waals surface area contributed by atoms with E-state index in [9.17, 15) is 0 Å². The SMILES string of the molecule is CCCCN[C@H]1CCCC[C@@H]1C. The summed E-state index contributed by atoms with van der Waals surface area (Å²) in [7, 11) is 0. The van der Waals surface area contributed by atoms with Crippen molar-refractivity contribution in [3.63, 3.8) is 0 Å². The zero-order chi connectivity index (χ0) is 8.81. The second-order valence-electron chi connectivity index (χ2n) is 4.18. The van der Waals surface area contributed by atoms with E-state index >= 15 is 0 Å². The maximum atomic E-state index is 3.67. The van der Waals surface area contributed by atoms with Crippen molar-refractivity contribution in [2.45, 2.75) is 58.4 Å². The molecule has 2 atom stereocenters. The second-order valence-corrected chi connectivity index (χ2v) is 4.18. The molecule has 0 aliphatic heterocycles. The van der Waals surface area contributed by atoms with Gasteiger partial charge in [0.15, 0.2) is 0 Å². The van der Waals surface area contributed by atoms with Crippen LogP contribution in [-0.2, 0) is 0 Å². The van der Waals surface area contributed by atoms with Crippen molar-refractivity contribution in [2.24, 2.45) is 5.92 Å². The molecule has 1 fully saturated rings. The van der Waals surface area contributed by atoms with Gasteiger partial charge >= 0.3 is 0 Å². The summed E-state index contributed by atoms with van der Waals surface area (Å²) in [5, 5.41) is 3.67. The Labute approximate surface area is 76.9 Å². The van der Waals surface area contributed by atoms with E-state index in [0.717, 1.165) is 12.0 Å². The Hall–Kier alpha value is -0.0400. The molecule has 0 bridgehead atoms. The lowest BCUT2D eigenvalue weighted by Gasteiger charge is -2.29. The second kappa shape index (κ2) is 5.58. The standard InChI is InChI=1S/C11H23N/c1-3-4-9-12-11-8-6-5-7-10(11)2/h10-12H,3-9H2,1-2H3/t10-,11-/m0/s1. The highest BCUT2D eigenvalue weighted by Gasteiger charge is 2.19. The largest absolute Gasteiger partial charge is 0.314 e. The molecule has 1 N–H and O–H groups in total. The van der Waals surface area contributed by atoms with E-state index in [-0.39, 0.29) is 0 Å². The molecule has 1 heteroatoms. The maximum Gasteiger partial charge on any atom is 0.00926 e. The first kappa shape index (κ1) is 10.0. The van der Waals surface area contributed by atoms with E-state index < -0.39 is 0 Å². The van der Waals surface area contributed by atoms with Gasteiger partial charge in [0.25, 0.3) is 0 Å². The monoisotopic (exact) mass is 169 g/mol. The Morgan fingerprint density at radius 3 is 2.67 bits per heavy atom. The minimum absolute atomic E-state index is 0.824. The van der Waals surface area contributed by atoms with Gasteiger partial charge in [-0.15, -0.1) is 0 Å². The summed E-state index contributed by atoms with van der Waals surface area (Å²) in [6.07, 6.45) is 8.38. The van der Waals surface area contributed by atoms with Gasteiger partial charge in [0.1, 0.15) is 0 Å². The van der Waals surface area contributed by atoms with Crippen LogP contribution in [0.2, 0.25) is 0 Å². The van der Waals surface area contributed by atoms with Crippen LogP contribution >= 0.6 is 0 Å². The van der Waals surface area contributed by atoms with Crippen LogP contribution in [0.5, 0.6) is 0 Å². The van der Waals surface area contributed by atoms with Gasteiger partial charge in [0, 0.05) is 6.04 Å². The first-order chi connectivity index (χ1) is 5.84. The van der Waals surface area contributed by atoms with Gasteiger partial charge in [0.2, 0.25) is 0 Å². The van der Waals surface area contributed by atoms with E-state index in [1.807, 2.05) is 0 Å². The number of rotatable bonds is 4. The average Bonchev–Trinajstić information content (AvgIpc) is 2.09. The van der Waals surface area contributed by atoms with Gasteiger partial charge in [-0.2, -0.15) is 0 Å². The minimum atomic E-state index is 0.824. The van der Waals surface area contributed by atoms with Crippen molar-refractivity contribution in [1.82, 2.24) is 5.32 Å². The van der Waals surface area contributed by atoms with E-state index in [1.165, 1.54) is 45.1 Å². The first-order valence-corrected chi connectivity index (χ1v) is 5.58. The van der Waals surface area contributed by atoms with Crippen LogP contribution in [0.15, 0.2) is 0 Å². The summed E-state index contributed by atoms with van der Waals surface area (Å²) in [4.78, 5) is 0. The average molecular weight is 169 g/mol. The molecule has 0 saturated heterocycles. The molecule has 0 aromatic rings. The van der Waals surface area contributed by atoms with Gasteiger partial charge in [-0.05, 0) is 31.7 Å². The smallest absolute Gasteiger partial charge is 0.00926 e. The van der Waals surface area contributed by atoms with Crippen LogP contribution in [0, 0.1) is 5.92 Å². The van der Waals surface area contributed by atoms with Gasteiger partial charge in [-0.3, -0.25) is 0 Å². The maximum absolute atomic E-state index is 3.67. The summed E-state index contributed by atoms with van der Waals surface area (Å²) in [5.41, 5.74) is 0. The van der Waals surface area contributed by atoms with E-state index in [4.69, 9.17) is 0 Å². The summed E-state index contributed by atoms with van der Waals surface area (Å²) in [5.74, 6) is 0.913. The third-order valence-corrected chi connectivity index (χ3v) is 3.05. The molecule has 0 heterocycles. The van der Waals surface area contributed by atoms with Gasteiger partial charge in [-0.25, -0.2) is 0 Å². The zero-order valence-corrected chi connectivity index (χ0v) is 8.60. The van der Waals surface area contributed by atoms with Gasteiger partial charge < -0.3 is 5.32 Å². The van der Waals surface area contributed by atoms with Crippen LogP contribution in [0.25, 0.3) is 0 Å². The molecule has 72 valence electrons. The Kier molecular flexibility index (Phi) is 4.67. The Bertz CT molecular complexity index is 112. The molecule has 0 aromatic heterocycles. The van der Waals surface area contributed by atoms with Crippen molar-refractivity contribution < 1.29 is 0 Å². The summed E-state index contributed by atoms with van der Waals surface area (Å²) in [6, 6.07) is 0.824. The zero-order valence-electron chi connectivity index (χ0n) is 8.60. The van der Waals surface area contributed by atoms with Crippen molar-refractivity contribution in [3.8, 4) is 0 Å². The molecule has 0 radical (unpaired) electrons. The highest BCUT2D eigenvalue weighted by Crippen LogP contribution is 2.23. The molecule has 0 spiro atoms. The lowest BCUT2D eigenvalue weighted by Crippen LogP contribution is -2.37. The quantitative estimate of drug-likeness (QED) is 0.638. The lowest BCUT2D eigenvalue weighted by molar-refractivity contribution is 0.280. The fourth-order valence-corrected chi connectivity index (χ4v) is 2.08. The first-order valence-electron chi connectivity index (χ1n) is 5.58. The van der Waals surface area contributed by atoms with Crippen molar-refractivity contribution in [2.75, 3.05) is 6.54 Å². The van der Waals surface area contributed by atoms with Crippen molar-refractivity contribution in [1.29, 1.82) is 0 Å². The van der Waals surface area contributed by atoms with Crippen LogP contribution in [0.4, 0.5) is 0 Å². The number of unbranched alkanes of at least 4 members (excludes halogenated alkanes) is 1. The Morgan fingerprint density at radius 2 is 2.00 bits per heavy atom. The van der Waals surface area contributed by atoms with Crippen LogP contribution in [-0.4, -0.2) is 12.6 Å². The molecule has 1 nitrogen and oxygen atoms in total. The molecular formula is C11H23N. The highest BCUT2D eigenvalue weighted by molar-refractivity contribution is 4.77. The molecule has 1 rings (SSSR count). The van der Waals surface area contributed by atoms with E-state index in [1.54, 1.807) is 0 Å². The molecule has 1 aliphatic rings. The summed E-state index contributed by atoms with van der Waals surface area (Å²) >= 11 is 0. The predicted molar refractivity (Wildman–Crippen MR) is 54.3 cm³/mol. The molecule has 0 aromatic carbocycles. The Balaban J connectivity index is 2.11. The molecule has 12 heavy (non-hydrogen) atoms. The fraction of sp³-hybridized carbons (Fsp3) is 1.00. The third kappa shape index (κ3) is 3.14. The van der Waals surface area contributed by atoms with Crippen LogP contribution in [0.3, 0.4) is 0 Å². The molecule has 1 aliphatic carbocycles. The number of hydrogen-bond acceptors (Lipinski definition) is 1. The third-order valence-electron chi connectivity index (χ3n) is 3.05. The normalized spacial score (nSPS) is 30.5. The van der Waals surface area contributed by atoms with Crippen molar-refractivity contribution in [3.05, 3.63) is 0 Å². The van der Waals surface area contributed by atoms with E-state index in [2.05, 4.69) is 19.2 Å². The predicted octanol–water partition coefficient (Wildman–Crippen LogP) is 2.95. The number of nitrogens with one attached hydrogen (secondary N) is 1. The molecular weight excluding hydrogens is 146 g/mol. The fourth-order valence-electron chi connectivity index (χ4n) is 2.08. The van der Waals surface area contributed by atoms with E-state index in [0.29, 0.717) is 0 Å². The highest BCUT2D eigenvalue weighted by atomic mass is 14.9. The number of hydrogen-bond donors (Lipinski definition) is 1. The van der Waals surface area contributed by atoms with Gasteiger partial charge in [-0.1, -0.05) is 33.1 Å². The summed E-state index contributed by atoms with van der Waals surface area (Å²) in [6.45, 7) is 5.88. The minimum Gasteiger partial charge on any atom is -0.314 e. The van der Waals surface area contributed by atoms with Crippen LogP contribution in [0.1, 0.15) is 52.4 Å². The molecule has 0 unspecified atom stereocenters. The van der Waals surface area contributed by atoms with Crippen LogP contribution < -0.4 is 5.32 Å².